The molecule has 4 nitrogen and oxygen atoms in total. The molecule has 1 aromatic rings. The highest BCUT2D eigenvalue weighted by atomic mass is 16.5. The van der Waals surface area contributed by atoms with Crippen LogP contribution in [0.4, 0.5) is 0 Å². The van der Waals surface area contributed by atoms with Crippen molar-refractivity contribution in [2.24, 2.45) is 0 Å². The van der Waals surface area contributed by atoms with Crippen LogP contribution in [-0.4, -0.2) is 31.6 Å². The number of carbonyl (C=O) groups is 2. The van der Waals surface area contributed by atoms with E-state index in [1.165, 1.54) is 0 Å². The zero-order valence-electron chi connectivity index (χ0n) is 10.9. The van der Waals surface area contributed by atoms with Crippen LogP contribution in [0.2, 0.25) is 0 Å². The number of hydrogen-bond donors (Lipinski definition) is 0. The molecule has 1 aromatic carbocycles. The summed E-state index contributed by atoms with van der Waals surface area (Å²) in [4.78, 5) is 23.4. The van der Waals surface area contributed by atoms with Gasteiger partial charge in [0.1, 0.15) is 0 Å². The minimum Gasteiger partial charge on any atom is -0.460 e. The van der Waals surface area contributed by atoms with E-state index in [0.717, 1.165) is 5.56 Å². The summed E-state index contributed by atoms with van der Waals surface area (Å²) in [6, 6.07) is 7.02. The zero-order chi connectivity index (χ0) is 13.5. The van der Waals surface area contributed by atoms with Gasteiger partial charge in [-0.3, -0.25) is 4.79 Å². The largest absolute Gasteiger partial charge is 0.460 e. The van der Waals surface area contributed by atoms with E-state index in [4.69, 9.17) is 9.47 Å². The lowest BCUT2D eigenvalue weighted by Crippen LogP contribution is -2.20. The number of Topliss-reactive ketones (excluding diaryl/α,β-unsaturated/α-hetero) is 1. The third-order valence-corrected chi connectivity index (χ3v) is 2.63. The molecule has 0 aliphatic rings. The van der Waals surface area contributed by atoms with E-state index in [9.17, 15) is 9.59 Å². The molecule has 0 aromatic heterocycles. The summed E-state index contributed by atoms with van der Waals surface area (Å²) >= 11 is 0. The number of esters is 1. The molecule has 0 spiro atoms. The Morgan fingerprint density at radius 3 is 2.56 bits per heavy atom. The van der Waals surface area contributed by atoms with Gasteiger partial charge in [0.15, 0.2) is 0 Å². The van der Waals surface area contributed by atoms with Gasteiger partial charge in [-0.05, 0) is 25.8 Å². The molecule has 1 atom stereocenters. The van der Waals surface area contributed by atoms with E-state index >= 15 is 0 Å². The van der Waals surface area contributed by atoms with Crippen LogP contribution < -0.4 is 0 Å². The first-order valence-electron chi connectivity index (χ1n) is 5.92. The summed E-state index contributed by atoms with van der Waals surface area (Å²) in [5.41, 5.74) is 1.18. The van der Waals surface area contributed by atoms with Gasteiger partial charge in [0.2, 0.25) is 0 Å². The van der Waals surface area contributed by atoms with Crippen molar-refractivity contribution in [3.63, 3.8) is 0 Å². The van der Waals surface area contributed by atoms with Gasteiger partial charge in [0.05, 0.1) is 12.7 Å². The predicted molar refractivity (Wildman–Crippen MR) is 67.6 cm³/mol. The Hall–Kier alpha value is -1.68. The number of hydrogen-bond acceptors (Lipinski definition) is 4. The van der Waals surface area contributed by atoms with E-state index in [1.54, 1.807) is 26.2 Å². The summed E-state index contributed by atoms with van der Waals surface area (Å²) < 4.78 is 9.89. The Balaban J connectivity index is 2.94. The predicted octanol–water partition coefficient (Wildman–Crippen LogP) is 2.01. The summed E-state index contributed by atoms with van der Waals surface area (Å²) in [5, 5.41) is 0. The van der Waals surface area contributed by atoms with Crippen molar-refractivity contribution in [1.29, 1.82) is 0 Å². The molecule has 0 aliphatic heterocycles. The third-order valence-electron chi connectivity index (χ3n) is 2.63. The fourth-order valence-electron chi connectivity index (χ4n) is 1.62. The second kappa shape index (κ2) is 6.91. The van der Waals surface area contributed by atoms with Gasteiger partial charge in [0, 0.05) is 12.7 Å². The Bertz CT molecular complexity index is 426. The topological polar surface area (TPSA) is 52.6 Å². The van der Waals surface area contributed by atoms with Crippen LogP contribution in [0.3, 0.4) is 0 Å². The quantitative estimate of drug-likeness (QED) is 0.440. The average Bonchev–Trinajstić information content (AvgIpc) is 2.38. The van der Waals surface area contributed by atoms with Gasteiger partial charge in [-0.25, -0.2) is 4.79 Å². The molecule has 0 amide bonds. The lowest BCUT2D eigenvalue weighted by molar-refractivity contribution is -0.137. The van der Waals surface area contributed by atoms with E-state index in [1.807, 2.05) is 19.1 Å². The normalized spacial score (nSPS) is 11.9. The highest BCUT2D eigenvalue weighted by Crippen LogP contribution is 2.13. The van der Waals surface area contributed by atoms with Crippen molar-refractivity contribution in [2.45, 2.75) is 26.4 Å². The van der Waals surface area contributed by atoms with Crippen LogP contribution in [0.25, 0.3) is 0 Å². The van der Waals surface area contributed by atoms with Crippen molar-refractivity contribution < 1.29 is 19.1 Å². The molecule has 0 saturated carbocycles. The molecule has 1 unspecified atom stereocenters. The van der Waals surface area contributed by atoms with Gasteiger partial charge in [0.25, 0.3) is 5.78 Å². The molecule has 0 radical (unpaired) electrons. The van der Waals surface area contributed by atoms with E-state index in [2.05, 4.69) is 0 Å². The molecule has 0 aliphatic carbocycles. The zero-order valence-corrected chi connectivity index (χ0v) is 10.9. The minimum absolute atomic E-state index is 0.0128. The molecule has 18 heavy (non-hydrogen) atoms. The maximum Gasteiger partial charge on any atom is 0.379 e. The number of ether oxygens (including phenoxy) is 2. The molecule has 0 saturated heterocycles. The van der Waals surface area contributed by atoms with Gasteiger partial charge >= 0.3 is 5.97 Å². The van der Waals surface area contributed by atoms with Gasteiger partial charge in [-0.15, -0.1) is 0 Å². The first-order valence-corrected chi connectivity index (χ1v) is 5.92. The second-order valence-corrected chi connectivity index (χ2v) is 3.96. The highest BCUT2D eigenvalue weighted by Gasteiger charge is 2.20. The SMILES string of the molecule is CCOC(=O)C(=O)c1ccccc1CC(C)OC. The monoisotopic (exact) mass is 250 g/mol. The summed E-state index contributed by atoms with van der Waals surface area (Å²) in [7, 11) is 1.61. The summed E-state index contributed by atoms with van der Waals surface area (Å²) in [5.74, 6) is -1.41. The maximum absolute atomic E-state index is 11.9. The van der Waals surface area contributed by atoms with Crippen LogP contribution in [0.1, 0.15) is 29.8 Å². The molecular formula is C14H18O4. The van der Waals surface area contributed by atoms with E-state index in [-0.39, 0.29) is 12.7 Å². The Morgan fingerprint density at radius 2 is 1.94 bits per heavy atom. The van der Waals surface area contributed by atoms with Crippen LogP contribution >= 0.6 is 0 Å². The molecule has 0 heterocycles. The second-order valence-electron chi connectivity index (χ2n) is 3.96. The lowest BCUT2D eigenvalue weighted by Gasteiger charge is -2.12. The molecular weight excluding hydrogens is 232 g/mol. The lowest BCUT2D eigenvalue weighted by atomic mass is 9.99. The molecule has 0 N–H and O–H groups in total. The van der Waals surface area contributed by atoms with Crippen molar-refractivity contribution in [3.8, 4) is 0 Å². The Morgan fingerprint density at radius 1 is 1.28 bits per heavy atom. The Kier molecular flexibility index (Phi) is 5.52. The van der Waals surface area contributed by atoms with Crippen LogP contribution in [0.15, 0.2) is 24.3 Å². The van der Waals surface area contributed by atoms with Crippen molar-refractivity contribution in [2.75, 3.05) is 13.7 Å². The maximum atomic E-state index is 11.9. The fraction of sp³-hybridized carbons (Fsp3) is 0.429. The van der Waals surface area contributed by atoms with Crippen molar-refractivity contribution >= 4 is 11.8 Å². The number of ketones is 1. The third kappa shape index (κ3) is 3.67. The van der Waals surface area contributed by atoms with Crippen LogP contribution in [-0.2, 0) is 20.7 Å². The fourth-order valence-corrected chi connectivity index (χ4v) is 1.62. The summed E-state index contributed by atoms with van der Waals surface area (Å²) in [6.07, 6.45) is 0.568. The molecule has 0 fully saturated rings. The van der Waals surface area contributed by atoms with Crippen molar-refractivity contribution in [1.82, 2.24) is 0 Å². The number of rotatable bonds is 6. The van der Waals surface area contributed by atoms with E-state index in [0.29, 0.717) is 12.0 Å². The van der Waals surface area contributed by atoms with Crippen LogP contribution in [0.5, 0.6) is 0 Å². The Labute approximate surface area is 107 Å². The summed E-state index contributed by atoms with van der Waals surface area (Å²) in [6.45, 7) is 3.77. The van der Waals surface area contributed by atoms with E-state index < -0.39 is 11.8 Å². The molecule has 1 rings (SSSR count). The average molecular weight is 250 g/mol. The minimum atomic E-state index is -0.810. The van der Waals surface area contributed by atoms with Gasteiger partial charge < -0.3 is 9.47 Å². The van der Waals surface area contributed by atoms with Gasteiger partial charge in [-0.2, -0.15) is 0 Å². The highest BCUT2D eigenvalue weighted by molar-refractivity contribution is 6.41. The number of benzene rings is 1. The first-order chi connectivity index (χ1) is 8.60. The molecule has 4 heteroatoms. The first kappa shape index (κ1) is 14.4. The standard InChI is InChI=1S/C14H18O4/c1-4-18-14(16)13(15)12-8-6-5-7-11(12)9-10(2)17-3/h5-8,10H,4,9H2,1-3H3. The van der Waals surface area contributed by atoms with Crippen molar-refractivity contribution in [3.05, 3.63) is 35.4 Å². The van der Waals surface area contributed by atoms with Gasteiger partial charge in [-0.1, -0.05) is 24.3 Å². The smallest absolute Gasteiger partial charge is 0.379 e. The molecule has 98 valence electrons. The van der Waals surface area contributed by atoms with Crippen LogP contribution in [0, 0.1) is 0 Å². The number of methoxy groups -OCH3 is 1. The number of carbonyl (C=O) groups excluding carboxylic acids is 2. The molecule has 0 bridgehead atoms.